The summed E-state index contributed by atoms with van der Waals surface area (Å²) in [6, 6.07) is -1.46. The molecule has 3 aliphatic rings. The number of nitrogens with one attached hydrogen (secondary N) is 2. The summed E-state index contributed by atoms with van der Waals surface area (Å²) < 4.78 is 0. The molecule has 2 aliphatic heterocycles. The number of aldehydes is 2. The number of amides is 4. The fraction of sp³-hybridized carbons (Fsp3) is 0.739. The second-order valence-corrected chi connectivity index (χ2v) is 9.07. The number of carbonyl (C=O) groups excluding carboxylic acids is 6. The maximum absolute atomic E-state index is 12.8. The van der Waals surface area contributed by atoms with Gasteiger partial charge < -0.3 is 14.9 Å². The van der Waals surface area contributed by atoms with E-state index in [-0.39, 0.29) is 36.6 Å². The number of hydrazine groups is 2. The van der Waals surface area contributed by atoms with Crippen LogP contribution in [0.5, 0.6) is 0 Å². The number of Topliss-reactive ketones (excluding diaryl/α,β-unsaturated/α-hetero) is 1. The number of nitrogens with zero attached hydrogens (tertiary/aromatic N) is 3. The van der Waals surface area contributed by atoms with Crippen LogP contribution in [0.25, 0.3) is 0 Å². The normalized spacial score (nSPS) is 22.1. The molecule has 0 aromatic rings. The molecule has 2 heterocycles. The number of ketones is 1. The Kier molecular flexibility index (Phi) is 11.1. The fourth-order valence-electron chi connectivity index (χ4n) is 4.51. The van der Waals surface area contributed by atoms with Crippen LogP contribution in [0.1, 0.15) is 71.1 Å². The summed E-state index contributed by atoms with van der Waals surface area (Å²) in [6.07, 6.45) is 9.11. The number of hydrogen-bond acceptors (Lipinski definition) is 7. The summed E-state index contributed by atoms with van der Waals surface area (Å²) >= 11 is 0. The van der Waals surface area contributed by atoms with Gasteiger partial charge in [-0.15, -0.1) is 0 Å². The highest BCUT2D eigenvalue weighted by Gasteiger charge is 2.41. The maximum Gasteiger partial charge on any atom is 0.358 e. The third-order valence-electron chi connectivity index (χ3n) is 6.37. The summed E-state index contributed by atoms with van der Waals surface area (Å²) in [5, 5.41) is 6.47. The summed E-state index contributed by atoms with van der Waals surface area (Å²) in [4.78, 5) is 69.2. The molecule has 1 saturated carbocycles. The lowest BCUT2D eigenvalue weighted by Crippen LogP contribution is -2.61. The molecule has 3 rings (SSSR count). The molecule has 11 heteroatoms. The Hall–Kier alpha value is -2.82. The lowest BCUT2D eigenvalue weighted by atomic mass is 9.87. The molecular weight excluding hydrogens is 442 g/mol. The standard InChI is InChI=1S/C17H26N4O4.C6H11NO2/c22-12-14-7-4-9-20-16(24)8-10-19(17(25)21(14)20)18-15(23)11-13-5-2-1-3-6-13;1-5(9)3-6(4-8)7-2/h12-14H,1-11H2,(H,18,23);4,6-7H,3H2,1-2H3/t14-;6-/m00/s1. The van der Waals surface area contributed by atoms with Crippen LogP contribution in [0.3, 0.4) is 0 Å². The number of likely N-dealkylation sites (N-methyl/N-ethyl adjacent to an activating group) is 1. The van der Waals surface area contributed by atoms with Crippen molar-refractivity contribution in [1.82, 2.24) is 25.8 Å². The minimum absolute atomic E-state index is 0.0291. The molecule has 2 N–H and O–H groups in total. The van der Waals surface area contributed by atoms with Gasteiger partial charge in [-0.25, -0.2) is 19.8 Å². The van der Waals surface area contributed by atoms with E-state index in [0.717, 1.165) is 32.0 Å². The first-order chi connectivity index (χ1) is 16.3. The fourth-order valence-corrected chi connectivity index (χ4v) is 4.51. The van der Waals surface area contributed by atoms with Crippen molar-refractivity contribution >= 4 is 36.2 Å². The zero-order valence-corrected chi connectivity index (χ0v) is 20.2. The molecule has 190 valence electrons. The van der Waals surface area contributed by atoms with Gasteiger partial charge in [-0.1, -0.05) is 19.3 Å². The molecule has 0 unspecified atom stereocenters. The largest absolute Gasteiger partial charge is 0.358 e. The van der Waals surface area contributed by atoms with Crippen LogP contribution in [0.4, 0.5) is 4.79 Å². The Morgan fingerprint density at radius 3 is 2.32 bits per heavy atom. The predicted molar refractivity (Wildman–Crippen MR) is 123 cm³/mol. The molecule has 2 saturated heterocycles. The molecule has 4 amide bonds. The molecule has 0 bridgehead atoms. The molecule has 0 radical (unpaired) electrons. The number of hydrogen-bond donors (Lipinski definition) is 2. The van der Waals surface area contributed by atoms with Gasteiger partial charge in [0.25, 0.3) is 0 Å². The van der Waals surface area contributed by atoms with Crippen LogP contribution < -0.4 is 10.7 Å². The summed E-state index contributed by atoms with van der Waals surface area (Å²) in [6.45, 7) is 2.03. The van der Waals surface area contributed by atoms with E-state index in [9.17, 15) is 28.8 Å². The highest BCUT2D eigenvalue weighted by Crippen LogP contribution is 2.26. The van der Waals surface area contributed by atoms with Crippen molar-refractivity contribution in [3.05, 3.63) is 0 Å². The second-order valence-electron chi connectivity index (χ2n) is 9.07. The second kappa shape index (κ2) is 13.8. The summed E-state index contributed by atoms with van der Waals surface area (Å²) in [5.41, 5.74) is 2.66. The highest BCUT2D eigenvalue weighted by atomic mass is 16.2. The van der Waals surface area contributed by atoms with E-state index in [1.165, 1.54) is 28.4 Å². The van der Waals surface area contributed by atoms with E-state index in [0.29, 0.717) is 44.4 Å². The Morgan fingerprint density at radius 1 is 1.06 bits per heavy atom. The first-order valence-electron chi connectivity index (χ1n) is 12.1. The Morgan fingerprint density at radius 2 is 1.76 bits per heavy atom. The van der Waals surface area contributed by atoms with Crippen LogP contribution in [0.15, 0.2) is 0 Å². The van der Waals surface area contributed by atoms with Gasteiger partial charge in [0, 0.05) is 25.8 Å². The van der Waals surface area contributed by atoms with Gasteiger partial charge in [0.05, 0.1) is 12.6 Å². The Bertz CT molecular complexity index is 754. The summed E-state index contributed by atoms with van der Waals surface area (Å²) in [5.74, 6) is 0.0119. The average Bonchev–Trinajstić information content (AvgIpc) is 2.95. The van der Waals surface area contributed by atoms with Gasteiger partial charge in [-0.2, -0.15) is 0 Å². The highest BCUT2D eigenvalue weighted by molar-refractivity contribution is 5.88. The zero-order chi connectivity index (χ0) is 25.1. The van der Waals surface area contributed by atoms with Crippen molar-refractivity contribution in [3.63, 3.8) is 0 Å². The van der Waals surface area contributed by atoms with E-state index >= 15 is 0 Å². The smallest absolute Gasteiger partial charge is 0.310 e. The van der Waals surface area contributed by atoms with Crippen LogP contribution >= 0.6 is 0 Å². The van der Waals surface area contributed by atoms with Crippen LogP contribution in [-0.2, 0) is 24.0 Å². The van der Waals surface area contributed by atoms with E-state index in [1.54, 1.807) is 7.05 Å². The van der Waals surface area contributed by atoms with Crippen molar-refractivity contribution in [2.75, 3.05) is 20.1 Å². The van der Waals surface area contributed by atoms with E-state index in [2.05, 4.69) is 10.7 Å². The lowest BCUT2D eigenvalue weighted by Gasteiger charge is -2.41. The maximum atomic E-state index is 12.8. The predicted octanol–water partition coefficient (Wildman–Crippen LogP) is 0.973. The lowest BCUT2D eigenvalue weighted by molar-refractivity contribution is -0.151. The minimum atomic E-state index is -0.652. The Labute approximate surface area is 200 Å². The molecule has 1 aliphatic carbocycles. The molecule has 0 aromatic carbocycles. The molecule has 0 aromatic heterocycles. The first-order valence-corrected chi connectivity index (χ1v) is 12.1. The van der Waals surface area contributed by atoms with Crippen LogP contribution in [0.2, 0.25) is 0 Å². The first kappa shape index (κ1) is 27.4. The topological polar surface area (TPSA) is 136 Å². The van der Waals surface area contributed by atoms with Gasteiger partial charge in [0.2, 0.25) is 11.8 Å². The van der Waals surface area contributed by atoms with E-state index in [1.807, 2.05) is 0 Å². The summed E-state index contributed by atoms with van der Waals surface area (Å²) in [7, 11) is 1.65. The quantitative estimate of drug-likeness (QED) is 0.495. The molecule has 3 fully saturated rings. The monoisotopic (exact) mass is 479 g/mol. The van der Waals surface area contributed by atoms with Gasteiger partial charge in [0.1, 0.15) is 24.4 Å². The molecular formula is C23H37N5O6. The Balaban J connectivity index is 0.000000387. The number of urea groups is 1. The average molecular weight is 480 g/mol. The number of rotatable bonds is 8. The van der Waals surface area contributed by atoms with Crippen molar-refractivity contribution in [2.45, 2.75) is 83.2 Å². The van der Waals surface area contributed by atoms with E-state index in [4.69, 9.17) is 0 Å². The van der Waals surface area contributed by atoms with Crippen molar-refractivity contribution in [3.8, 4) is 0 Å². The van der Waals surface area contributed by atoms with Crippen molar-refractivity contribution in [1.29, 1.82) is 0 Å². The van der Waals surface area contributed by atoms with Crippen molar-refractivity contribution < 1.29 is 28.8 Å². The molecule has 34 heavy (non-hydrogen) atoms. The van der Waals surface area contributed by atoms with Gasteiger partial charge >= 0.3 is 6.03 Å². The minimum Gasteiger partial charge on any atom is -0.310 e. The third kappa shape index (κ3) is 7.89. The van der Waals surface area contributed by atoms with Crippen molar-refractivity contribution in [2.24, 2.45) is 5.92 Å². The number of fused-ring (bicyclic) bond motifs is 1. The van der Waals surface area contributed by atoms with E-state index < -0.39 is 12.1 Å². The molecule has 0 spiro atoms. The van der Waals surface area contributed by atoms with Crippen LogP contribution in [-0.4, -0.2) is 83.4 Å². The van der Waals surface area contributed by atoms with Gasteiger partial charge in [-0.05, 0) is 45.6 Å². The molecule has 11 nitrogen and oxygen atoms in total. The third-order valence-corrected chi connectivity index (χ3v) is 6.37. The van der Waals surface area contributed by atoms with Gasteiger partial charge in [0.15, 0.2) is 0 Å². The molecule has 2 atom stereocenters. The SMILES string of the molecule is CN[C@H](C=O)CC(C)=O.O=C[C@@H]1CCCN2C(=O)CCN(NC(=O)CC3CCCCC3)C(=O)N12. The van der Waals surface area contributed by atoms with Crippen LogP contribution in [0, 0.1) is 5.92 Å². The van der Waals surface area contributed by atoms with Gasteiger partial charge in [-0.3, -0.25) is 19.8 Å². The zero-order valence-electron chi connectivity index (χ0n) is 20.2. The number of carbonyl (C=O) groups is 6.